The van der Waals surface area contributed by atoms with E-state index in [0.29, 0.717) is 31.3 Å². The quantitative estimate of drug-likeness (QED) is 0.101. The molecule has 0 spiro atoms. The molecule has 0 bridgehead atoms. The van der Waals surface area contributed by atoms with E-state index in [1.165, 1.54) is 0 Å². The zero-order valence-electron chi connectivity index (χ0n) is 14.6. The summed E-state index contributed by atoms with van der Waals surface area (Å²) in [6.45, 7) is 7.10. The number of quaternary nitrogens is 1. The highest BCUT2D eigenvalue weighted by atomic mass is 79.9. The van der Waals surface area contributed by atoms with Gasteiger partial charge in [-0.1, -0.05) is 13.2 Å². The van der Waals surface area contributed by atoms with Gasteiger partial charge < -0.3 is 24.2 Å². The molecule has 1 aromatic rings. The Morgan fingerprint density at radius 1 is 1.00 bits per heavy atom. The molecule has 1 aliphatic rings. The van der Waals surface area contributed by atoms with Crippen molar-refractivity contribution < 1.29 is 19.1 Å². The summed E-state index contributed by atoms with van der Waals surface area (Å²) in [6.07, 6.45) is 2.13. The van der Waals surface area contributed by atoms with E-state index in [1.807, 2.05) is 4.90 Å². The maximum absolute atomic E-state index is 13.7. The van der Waals surface area contributed by atoms with Crippen molar-refractivity contribution in [3.63, 3.8) is 0 Å². The lowest BCUT2D eigenvalue weighted by Gasteiger charge is -2.38. The van der Waals surface area contributed by atoms with Crippen LogP contribution >= 0.6 is 63.7 Å². The fraction of sp³-hybridized carbons (Fsp3) is 0.294. The second-order valence-electron chi connectivity index (χ2n) is 5.71. The summed E-state index contributed by atoms with van der Waals surface area (Å²) >= 11 is 14.0. The van der Waals surface area contributed by atoms with Crippen LogP contribution in [0.2, 0.25) is 0 Å². The van der Waals surface area contributed by atoms with Crippen LogP contribution in [0.3, 0.4) is 0 Å². The zero-order valence-corrected chi connectivity index (χ0v) is 20.9. The van der Waals surface area contributed by atoms with Crippen molar-refractivity contribution in [2.24, 2.45) is 0 Å². The fourth-order valence-electron chi connectivity index (χ4n) is 2.72. The standard InChI is InChI=1S/C17H16Br4N2O5/c1-3-10(24)27-7-5-22-9-23(26,6-8-28-11(25)4-2)17-15(21)13(19)12(18)14(20)16(17)22/h3-4H,1-2,5-9H2. The third-order valence-corrected chi connectivity index (χ3v) is 8.70. The van der Waals surface area contributed by atoms with Crippen LogP contribution in [0.4, 0.5) is 11.4 Å². The number of nitrogens with zero attached hydrogens (tertiary/aromatic N) is 2. The Kier molecular flexibility index (Phi) is 8.29. The molecule has 0 amide bonds. The second kappa shape index (κ2) is 9.86. The monoisotopic (exact) mass is 644 g/mol. The first-order chi connectivity index (χ1) is 13.2. The molecule has 1 atom stereocenters. The van der Waals surface area contributed by atoms with Gasteiger partial charge in [-0.25, -0.2) is 9.59 Å². The number of carbonyl (C=O) groups excluding carboxylic acids is 2. The number of anilines is 1. The Labute approximate surface area is 196 Å². The summed E-state index contributed by atoms with van der Waals surface area (Å²) in [4.78, 5) is 24.4. The summed E-state index contributed by atoms with van der Waals surface area (Å²) in [5, 5.41) is 13.7. The van der Waals surface area contributed by atoms with Crippen molar-refractivity contribution in [2.45, 2.75) is 0 Å². The van der Waals surface area contributed by atoms with E-state index in [0.717, 1.165) is 16.6 Å². The minimum absolute atomic E-state index is 0.00857. The second-order valence-corrected chi connectivity index (χ2v) is 8.89. The topological polar surface area (TPSA) is 78.9 Å². The molecule has 2 rings (SSSR count). The Morgan fingerprint density at radius 2 is 1.54 bits per heavy atom. The summed E-state index contributed by atoms with van der Waals surface area (Å²) in [6, 6.07) is 0. The van der Waals surface area contributed by atoms with Crippen LogP contribution in [0.15, 0.2) is 43.2 Å². The molecule has 0 N–H and O–H groups in total. The minimum atomic E-state index is -0.750. The van der Waals surface area contributed by atoms with Crippen molar-refractivity contribution in [1.82, 2.24) is 4.65 Å². The first-order valence-electron chi connectivity index (χ1n) is 7.94. The molecule has 1 aromatic carbocycles. The van der Waals surface area contributed by atoms with Gasteiger partial charge in [0, 0.05) is 16.6 Å². The Balaban J connectivity index is 2.35. The molecule has 1 heterocycles. The molecule has 0 radical (unpaired) electrons. The highest BCUT2D eigenvalue weighted by Gasteiger charge is 2.42. The van der Waals surface area contributed by atoms with Crippen LogP contribution in [-0.4, -0.2) is 44.9 Å². The summed E-state index contributed by atoms with van der Waals surface area (Å²) in [5.41, 5.74) is 1.15. The molecule has 1 unspecified atom stereocenters. The van der Waals surface area contributed by atoms with Crippen molar-refractivity contribution in [3.05, 3.63) is 48.4 Å². The normalized spacial score (nSPS) is 17.8. The van der Waals surface area contributed by atoms with E-state index in [9.17, 15) is 14.8 Å². The van der Waals surface area contributed by atoms with Crippen LogP contribution in [-0.2, 0) is 19.1 Å². The first kappa shape index (κ1) is 23.6. The van der Waals surface area contributed by atoms with E-state index in [2.05, 4.69) is 76.9 Å². The number of ether oxygens (including phenoxy) is 2. The zero-order chi connectivity index (χ0) is 21.1. The van der Waals surface area contributed by atoms with Crippen LogP contribution in [0.1, 0.15) is 0 Å². The lowest BCUT2D eigenvalue weighted by atomic mass is 10.2. The van der Waals surface area contributed by atoms with Crippen LogP contribution in [0.25, 0.3) is 0 Å². The van der Waals surface area contributed by atoms with Gasteiger partial charge >= 0.3 is 11.9 Å². The number of fused-ring (bicyclic) bond motifs is 1. The van der Waals surface area contributed by atoms with E-state index in [-0.39, 0.29) is 26.4 Å². The van der Waals surface area contributed by atoms with Gasteiger partial charge in [-0.2, -0.15) is 0 Å². The lowest BCUT2D eigenvalue weighted by Crippen LogP contribution is -2.48. The summed E-state index contributed by atoms with van der Waals surface area (Å²) < 4.78 is 12.0. The molecule has 11 heteroatoms. The molecular weight excluding hydrogens is 632 g/mol. The largest absolute Gasteiger partial charge is 0.626 e. The van der Waals surface area contributed by atoms with Crippen molar-refractivity contribution in [3.8, 4) is 0 Å². The van der Waals surface area contributed by atoms with Crippen molar-refractivity contribution in [1.29, 1.82) is 0 Å². The van der Waals surface area contributed by atoms with Gasteiger partial charge in [0.1, 0.15) is 25.4 Å². The maximum atomic E-state index is 13.7. The summed E-state index contributed by atoms with van der Waals surface area (Å²) in [7, 11) is 0. The van der Waals surface area contributed by atoms with Crippen molar-refractivity contribution in [2.75, 3.05) is 37.9 Å². The van der Waals surface area contributed by atoms with E-state index in [4.69, 9.17) is 9.47 Å². The van der Waals surface area contributed by atoms with Gasteiger partial charge in [-0.3, -0.25) is 0 Å². The predicted octanol–water partition coefficient (Wildman–Crippen LogP) is 4.78. The Morgan fingerprint density at radius 3 is 2.11 bits per heavy atom. The van der Waals surface area contributed by atoms with Gasteiger partial charge in [0.15, 0.2) is 12.4 Å². The number of hydrogen-bond donors (Lipinski definition) is 0. The molecule has 0 aliphatic carbocycles. The SMILES string of the molecule is C=CC(=O)OCCN1C[N+]([O-])(CCOC(=O)C=C)c2c(Br)c(Br)c(Br)c(Br)c21. The molecule has 28 heavy (non-hydrogen) atoms. The van der Waals surface area contributed by atoms with Crippen LogP contribution in [0.5, 0.6) is 0 Å². The molecule has 0 fully saturated rings. The average Bonchev–Trinajstić information content (AvgIpc) is 2.96. The predicted molar refractivity (Wildman–Crippen MR) is 122 cm³/mol. The number of hydroxylamine groups is 2. The number of benzene rings is 1. The number of hydrogen-bond acceptors (Lipinski definition) is 6. The van der Waals surface area contributed by atoms with Gasteiger partial charge in [0.05, 0.1) is 20.0 Å². The van der Waals surface area contributed by atoms with Crippen LogP contribution in [0, 0.1) is 5.21 Å². The van der Waals surface area contributed by atoms with E-state index >= 15 is 0 Å². The smallest absolute Gasteiger partial charge is 0.330 e. The average molecular weight is 648 g/mol. The number of esters is 2. The molecular formula is C17H16Br4N2O5. The minimum Gasteiger partial charge on any atom is -0.626 e. The Hall–Kier alpha value is -0.720. The highest BCUT2D eigenvalue weighted by molar-refractivity contribution is 9.15. The Bertz CT molecular complexity index is 833. The molecule has 0 aromatic heterocycles. The number of halogens is 4. The van der Waals surface area contributed by atoms with Gasteiger partial charge in [0.2, 0.25) is 0 Å². The lowest BCUT2D eigenvalue weighted by molar-refractivity contribution is -0.138. The maximum Gasteiger partial charge on any atom is 0.330 e. The van der Waals surface area contributed by atoms with Crippen LogP contribution < -0.4 is 9.55 Å². The molecule has 152 valence electrons. The fourth-order valence-corrected chi connectivity index (χ4v) is 5.37. The van der Waals surface area contributed by atoms with Gasteiger partial charge in [-0.05, 0) is 63.7 Å². The number of rotatable bonds is 8. The third-order valence-electron chi connectivity index (χ3n) is 3.98. The van der Waals surface area contributed by atoms with Crippen molar-refractivity contribution >= 4 is 87.0 Å². The van der Waals surface area contributed by atoms with Gasteiger partial charge in [0.25, 0.3) is 0 Å². The molecule has 0 saturated carbocycles. The van der Waals surface area contributed by atoms with E-state index in [1.54, 1.807) is 0 Å². The molecule has 7 nitrogen and oxygen atoms in total. The first-order valence-corrected chi connectivity index (χ1v) is 11.1. The molecule has 1 aliphatic heterocycles. The van der Waals surface area contributed by atoms with E-state index < -0.39 is 16.6 Å². The molecule has 0 saturated heterocycles. The van der Waals surface area contributed by atoms with Gasteiger partial charge in [-0.15, -0.1) is 0 Å². The third kappa shape index (κ3) is 4.88. The number of carbonyl (C=O) groups is 2. The summed E-state index contributed by atoms with van der Waals surface area (Å²) in [5.74, 6) is -1.12. The highest BCUT2D eigenvalue weighted by Crippen LogP contribution is 2.55.